The lowest BCUT2D eigenvalue weighted by atomic mass is 9.87. The molecule has 1 aliphatic rings. The monoisotopic (exact) mass is 410 g/mol. The first-order valence-corrected chi connectivity index (χ1v) is 9.79. The van der Waals surface area contributed by atoms with Crippen molar-refractivity contribution in [2.45, 2.75) is 32.7 Å². The predicted molar refractivity (Wildman–Crippen MR) is 112 cm³/mol. The molecule has 0 saturated heterocycles. The zero-order valence-electron chi connectivity index (χ0n) is 17.3. The lowest BCUT2D eigenvalue weighted by molar-refractivity contribution is -0.144. The molecule has 3 rings (SSSR count). The molecule has 2 aromatic carbocycles. The Morgan fingerprint density at radius 3 is 2.03 bits per heavy atom. The van der Waals surface area contributed by atoms with Gasteiger partial charge in [0.25, 0.3) is 0 Å². The summed E-state index contributed by atoms with van der Waals surface area (Å²) >= 11 is 0. The molecule has 7 heteroatoms. The molecule has 2 amide bonds. The number of carboxylic acids is 1. The van der Waals surface area contributed by atoms with Crippen LogP contribution in [0.2, 0.25) is 0 Å². The second-order valence-electron chi connectivity index (χ2n) is 8.38. The Bertz CT molecular complexity index is 919. The first kappa shape index (κ1) is 21.4. The van der Waals surface area contributed by atoms with Crippen molar-refractivity contribution in [2.24, 2.45) is 5.41 Å². The van der Waals surface area contributed by atoms with E-state index in [0.717, 1.165) is 22.3 Å². The zero-order chi connectivity index (χ0) is 21.9. The summed E-state index contributed by atoms with van der Waals surface area (Å²) < 4.78 is 5.36. The quantitative estimate of drug-likeness (QED) is 0.679. The minimum Gasteiger partial charge on any atom is -0.480 e. The highest BCUT2D eigenvalue weighted by Gasteiger charge is 2.33. The van der Waals surface area contributed by atoms with Gasteiger partial charge in [-0.3, -0.25) is 4.79 Å². The molecule has 0 aliphatic heterocycles. The lowest BCUT2D eigenvalue weighted by Crippen LogP contribution is -2.51. The van der Waals surface area contributed by atoms with Crippen LogP contribution < -0.4 is 10.6 Å². The summed E-state index contributed by atoms with van der Waals surface area (Å²) in [4.78, 5) is 35.5. The Morgan fingerprint density at radius 2 is 1.53 bits per heavy atom. The van der Waals surface area contributed by atoms with E-state index >= 15 is 0 Å². The highest BCUT2D eigenvalue weighted by molar-refractivity contribution is 5.87. The molecule has 30 heavy (non-hydrogen) atoms. The smallest absolute Gasteiger partial charge is 0.407 e. The fraction of sp³-hybridized carbons (Fsp3) is 0.348. The van der Waals surface area contributed by atoms with Crippen molar-refractivity contribution < 1.29 is 24.2 Å². The number of benzene rings is 2. The van der Waals surface area contributed by atoms with E-state index in [2.05, 4.69) is 10.6 Å². The molecule has 0 heterocycles. The van der Waals surface area contributed by atoms with Crippen molar-refractivity contribution in [1.82, 2.24) is 10.6 Å². The van der Waals surface area contributed by atoms with Crippen molar-refractivity contribution >= 4 is 18.0 Å². The van der Waals surface area contributed by atoms with Gasteiger partial charge >= 0.3 is 12.1 Å². The maximum atomic E-state index is 12.1. The van der Waals surface area contributed by atoms with Gasteiger partial charge in [-0.2, -0.15) is 0 Å². The fourth-order valence-electron chi connectivity index (χ4n) is 3.66. The number of carboxylic acid groups (broad SMARTS) is 1. The van der Waals surface area contributed by atoms with E-state index in [1.165, 1.54) is 0 Å². The standard InChI is InChI=1S/C23H26N2O5/c1-23(2,3)20(21(27)28)25-19(26)12-24-22(29)30-13-18-16-10-6-4-8-14(16)15-9-5-7-11-17(15)18/h4-11,18,20H,12-13H2,1-3H3,(H,24,29)(H,25,26)(H,27,28)/t20-/m1/s1. The third kappa shape index (κ3) is 4.62. The number of carbonyl (C=O) groups is 3. The Balaban J connectivity index is 1.55. The van der Waals surface area contributed by atoms with E-state index in [1.54, 1.807) is 20.8 Å². The third-order valence-electron chi connectivity index (χ3n) is 5.16. The molecule has 0 unspecified atom stereocenters. The van der Waals surface area contributed by atoms with Gasteiger partial charge in [0, 0.05) is 5.92 Å². The molecule has 3 N–H and O–H groups in total. The summed E-state index contributed by atoms with van der Waals surface area (Å²) in [5.41, 5.74) is 3.79. The van der Waals surface area contributed by atoms with Crippen LogP contribution in [0.25, 0.3) is 11.1 Å². The summed E-state index contributed by atoms with van der Waals surface area (Å²) in [7, 11) is 0. The molecule has 1 aliphatic carbocycles. The number of aliphatic carboxylic acids is 1. The number of hydrogen-bond donors (Lipinski definition) is 3. The van der Waals surface area contributed by atoms with E-state index in [-0.39, 0.29) is 19.1 Å². The van der Waals surface area contributed by atoms with E-state index in [4.69, 9.17) is 4.74 Å². The molecular weight excluding hydrogens is 384 g/mol. The molecule has 0 saturated carbocycles. The molecule has 0 bridgehead atoms. The second kappa shape index (κ2) is 8.57. The minimum absolute atomic E-state index is 0.0748. The fourth-order valence-corrected chi connectivity index (χ4v) is 3.66. The van der Waals surface area contributed by atoms with Gasteiger partial charge in [-0.1, -0.05) is 69.3 Å². The number of nitrogens with one attached hydrogen (secondary N) is 2. The van der Waals surface area contributed by atoms with Crippen LogP contribution in [0.3, 0.4) is 0 Å². The lowest BCUT2D eigenvalue weighted by Gasteiger charge is -2.27. The summed E-state index contributed by atoms with van der Waals surface area (Å²) in [5.74, 6) is -1.79. The summed E-state index contributed by atoms with van der Waals surface area (Å²) in [6.07, 6.45) is -0.727. The van der Waals surface area contributed by atoms with E-state index in [9.17, 15) is 19.5 Å². The van der Waals surface area contributed by atoms with Crippen molar-refractivity contribution in [3.8, 4) is 11.1 Å². The Hall–Kier alpha value is -3.35. The Labute approximate surface area is 175 Å². The number of hydrogen-bond acceptors (Lipinski definition) is 4. The number of rotatable bonds is 6. The zero-order valence-corrected chi connectivity index (χ0v) is 17.3. The molecule has 158 valence electrons. The van der Waals surface area contributed by atoms with Crippen LogP contribution in [0.15, 0.2) is 48.5 Å². The molecule has 7 nitrogen and oxygen atoms in total. The van der Waals surface area contributed by atoms with Crippen LogP contribution in [-0.4, -0.2) is 42.3 Å². The molecule has 0 radical (unpaired) electrons. The van der Waals surface area contributed by atoms with Gasteiger partial charge in [0.05, 0.1) is 0 Å². The number of alkyl carbamates (subject to hydrolysis) is 1. The second-order valence-corrected chi connectivity index (χ2v) is 8.38. The number of carbonyl (C=O) groups excluding carboxylic acids is 2. The molecule has 0 fully saturated rings. The maximum absolute atomic E-state index is 12.1. The Morgan fingerprint density at radius 1 is 1.00 bits per heavy atom. The molecule has 1 atom stereocenters. The summed E-state index contributed by atoms with van der Waals surface area (Å²) in [6, 6.07) is 14.9. The highest BCUT2D eigenvalue weighted by Crippen LogP contribution is 2.44. The van der Waals surface area contributed by atoms with Crippen LogP contribution in [-0.2, 0) is 14.3 Å². The topological polar surface area (TPSA) is 105 Å². The SMILES string of the molecule is CC(C)(C)[C@H](NC(=O)CNC(=O)OCC1c2ccccc2-c2ccccc21)C(=O)O. The van der Waals surface area contributed by atoms with Gasteiger partial charge in [-0.15, -0.1) is 0 Å². The normalized spacial score (nSPS) is 13.7. The van der Waals surface area contributed by atoms with Crippen LogP contribution in [0.4, 0.5) is 4.79 Å². The third-order valence-corrected chi connectivity index (χ3v) is 5.16. The van der Waals surface area contributed by atoms with Crippen LogP contribution in [0.5, 0.6) is 0 Å². The van der Waals surface area contributed by atoms with Crippen molar-refractivity contribution in [3.05, 3.63) is 59.7 Å². The number of ether oxygens (including phenoxy) is 1. The number of fused-ring (bicyclic) bond motifs is 3. The van der Waals surface area contributed by atoms with Gasteiger partial charge in [-0.25, -0.2) is 9.59 Å². The minimum atomic E-state index is -1.13. The van der Waals surface area contributed by atoms with Crippen molar-refractivity contribution in [1.29, 1.82) is 0 Å². The predicted octanol–water partition coefficient (Wildman–Crippen LogP) is 3.14. The average Bonchev–Trinajstić information content (AvgIpc) is 3.01. The van der Waals surface area contributed by atoms with Gasteiger partial charge in [-0.05, 0) is 27.7 Å². The first-order chi connectivity index (χ1) is 14.2. The molecule has 2 aromatic rings. The van der Waals surface area contributed by atoms with Gasteiger partial charge < -0.3 is 20.5 Å². The van der Waals surface area contributed by atoms with E-state index in [1.807, 2.05) is 48.5 Å². The van der Waals surface area contributed by atoms with Crippen molar-refractivity contribution in [3.63, 3.8) is 0 Å². The van der Waals surface area contributed by atoms with Gasteiger partial charge in [0.15, 0.2) is 0 Å². The van der Waals surface area contributed by atoms with Crippen LogP contribution in [0, 0.1) is 5.41 Å². The first-order valence-electron chi connectivity index (χ1n) is 9.79. The molecular formula is C23H26N2O5. The highest BCUT2D eigenvalue weighted by atomic mass is 16.5. The Kier molecular flexibility index (Phi) is 6.10. The largest absolute Gasteiger partial charge is 0.480 e. The average molecular weight is 410 g/mol. The van der Waals surface area contributed by atoms with E-state index < -0.39 is 29.4 Å². The summed E-state index contributed by atoms with van der Waals surface area (Å²) in [5, 5.41) is 14.1. The maximum Gasteiger partial charge on any atom is 0.407 e. The molecule has 0 aromatic heterocycles. The van der Waals surface area contributed by atoms with Crippen LogP contribution >= 0.6 is 0 Å². The molecule has 0 spiro atoms. The van der Waals surface area contributed by atoms with E-state index in [0.29, 0.717) is 0 Å². The van der Waals surface area contributed by atoms with Crippen molar-refractivity contribution in [2.75, 3.05) is 13.2 Å². The van der Waals surface area contributed by atoms with Gasteiger partial charge in [0.2, 0.25) is 5.91 Å². The summed E-state index contributed by atoms with van der Waals surface area (Å²) in [6.45, 7) is 4.92. The van der Waals surface area contributed by atoms with Gasteiger partial charge in [0.1, 0.15) is 19.2 Å². The number of amides is 2. The van der Waals surface area contributed by atoms with Crippen LogP contribution in [0.1, 0.15) is 37.8 Å².